The van der Waals surface area contributed by atoms with Gasteiger partial charge in [0.25, 0.3) is 5.91 Å². The van der Waals surface area contributed by atoms with E-state index in [4.69, 9.17) is 0 Å². The number of aliphatic imine (C=N–C) groups is 1. The van der Waals surface area contributed by atoms with Crippen molar-refractivity contribution in [3.63, 3.8) is 0 Å². The van der Waals surface area contributed by atoms with Gasteiger partial charge in [-0.25, -0.2) is 4.79 Å². The van der Waals surface area contributed by atoms with E-state index in [9.17, 15) is 9.59 Å². The van der Waals surface area contributed by atoms with Crippen LogP contribution in [-0.2, 0) is 4.79 Å². The maximum atomic E-state index is 12.1. The lowest BCUT2D eigenvalue weighted by Gasteiger charge is -2.40. The van der Waals surface area contributed by atoms with E-state index in [0.717, 1.165) is 44.4 Å². The second-order valence-corrected chi connectivity index (χ2v) is 7.10. The van der Waals surface area contributed by atoms with E-state index < -0.39 is 5.54 Å². The number of carbonyl (C=O) groups is 2. The van der Waals surface area contributed by atoms with Crippen molar-refractivity contribution in [3.8, 4) is 0 Å². The van der Waals surface area contributed by atoms with Crippen molar-refractivity contribution in [1.29, 1.82) is 0 Å². The third-order valence-electron chi connectivity index (χ3n) is 5.67. The predicted molar refractivity (Wildman–Crippen MR) is 88.1 cm³/mol. The summed E-state index contributed by atoms with van der Waals surface area (Å²) in [5, 5.41) is 8.63. The highest BCUT2D eigenvalue weighted by atomic mass is 16.2. The Balaban J connectivity index is 1.53. The molecule has 7 heteroatoms. The van der Waals surface area contributed by atoms with E-state index in [-0.39, 0.29) is 17.9 Å². The second-order valence-electron chi connectivity index (χ2n) is 7.10. The molecule has 2 aliphatic heterocycles. The fourth-order valence-electron chi connectivity index (χ4n) is 3.78. The summed E-state index contributed by atoms with van der Waals surface area (Å²) < 4.78 is 0. The SMILES string of the molecule is CN=C(NCC1CCC1)N1CCC(C2(C)NC(=O)NC2=O)CC1. The Hall–Kier alpha value is -1.79. The minimum absolute atomic E-state index is 0.162. The van der Waals surface area contributed by atoms with E-state index in [0.29, 0.717) is 0 Å². The average Bonchev–Trinajstić information content (AvgIpc) is 2.76. The molecule has 0 radical (unpaired) electrons. The van der Waals surface area contributed by atoms with Crippen LogP contribution in [0.15, 0.2) is 4.99 Å². The molecule has 0 aromatic rings. The van der Waals surface area contributed by atoms with Crippen molar-refractivity contribution in [2.75, 3.05) is 26.7 Å². The number of carbonyl (C=O) groups excluding carboxylic acids is 2. The third-order valence-corrected chi connectivity index (χ3v) is 5.67. The molecule has 2 saturated heterocycles. The van der Waals surface area contributed by atoms with E-state index in [1.165, 1.54) is 19.3 Å². The Labute approximate surface area is 137 Å². The summed E-state index contributed by atoms with van der Waals surface area (Å²) in [5.74, 6) is 1.71. The molecule has 0 spiro atoms. The first-order valence-electron chi connectivity index (χ1n) is 8.62. The maximum Gasteiger partial charge on any atom is 0.322 e. The molecule has 128 valence electrons. The highest BCUT2D eigenvalue weighted by Crippen LogP contribution is 2.31. The molecular weight excluding hydrogens is 294 g/mol. The van der Waals surface area contributed by atoms with Crippen LogP contribution in [0.4, 0.5) is 4.79 Å². The molecule has 3 fully saturated rings. The van der Waals surface area contributed by atoms with E-state index in [1.807, 2.05) is 14.0 Å². The lowest BCUT2D eigenvalue weighted by Crippen LogP contribution is -2.55. The number of amides is 3. The molecule has 1 atom stereocenters. The van der Waals surface area contributed by atoms with E-state index >= 15 is 0 Å². The third kappa shape index (κ3) is 3.14. The Morgan fingerprint density at radius 2 is 2.00 bits per heavy atom. The summed E-state index contributed by atoms with van der Waals surface area (Å²) in [6.45, 7) is 4.54. The summed E-state index contributed by atoms with van der Waals surface area (Å²) in [5.41, 5.74) is -0.772. The van der Waals surface area contributed by atoms with Gasteiger partial charge < -0.3 is 15.5 Å². The Morgan fingerprint density at radius 1 is 1.30 bits per heavy atom. The predicted octanol–water partition coefficient (Wildman–Crippen LogP) is 0.672. The lowest BCUT2D eigenvalue weighted by atomic mass is 9.79. The first kappa shape index (κ1) is 16.1. The first-order chi connectivity index (χ1) is 11.0. The zero-order valence-electron chi connectivity index (χ0n) is 14.0. The molecule has 3 aliphatic rings. The molecule has 0 bridgehead atoms. The van der Waals surface area contributed by atoms with Gasteiger partial charge in [-0.2, -0.15) is 0 Å². The van der Waals surface area contributed by atoms with E-state index in [1.54, 1.807) is 0 Å². The minimum Gasteiger partial charge on any atom is -0.356 e. The standard InChI is InChI=1S/C16H27N5O2/c1-16(13(22)19-15(23)20-16)12-6-8-21(9-7-12)14(17-2)18-10-11-4-3-5-11/h11-12H,3-10H2,1-2H3,(H,17,18)(H2,19,20,22,23). The first-order valence-corrected chi connectivity index (χ1v) is 8.62. The van der Waals surface area contributed by atoms with Crippen molar-refractivity contribution in [2.24, 2.45) is 16.8 Å². The smallest absolute Gasteiger partial charge is 0.322 e. The summed E-state index contributed by atoms with van der Waals surface area (Å²) in [6, 6.07) is -0.377. The van der Waals surface area contributed by atoms with Crippen LogP contribution >= 0.6 is 0 Å². The molecule has 1 aliphatic carbocycles. The largest absolute Gasteiger partial charge is 0.356 e. The monoisotopic (exact) mass is 321 g/mol. The Morgan fingerprint density at radius 3 is 2.48 bits per heavy atom. The van der Waals surface area contributed by atoms with Crippen molar-refractivity contribution < 1.29 is 9.59 Å². The molecule has 3 amide bonds. The number of imide groups is 1. The number of likely N-dealkylation sites (tertiary alicyclic amines) is 1. The van der Waals surface area contributed by atoms with Gasteiger partial charge in [-0.05, 0) is 44.4 Å². The number of piperidine rings is 1. The molecule has 3 N–H and O–H groups in total. The van der Waals surface area contributed by atoms with Gasteiger partial charge in [0.05, 0.1) is 0 Å². The van der Waals surface area contributed by atoms with Gasteiger partial charge in [-0.1, -0.05) is 6.42 Å². The quantitative estimate of drug-likeness (QED) is 0.405. The number of guanidine groups is 1. The van der Waals surface area contributed by atoms with Crippen LogP contribution < -0.4 is 16.0 Å². The number of hydrogen-bond donors (Lipinski definition) is 3. The molecule has 2 heterocycles. The van der Waals surface area contributed by atoms with Gasteiger partial charge >= 0.3 is 6.03 Å². The van der Waals surface area contributed by atoms with Gasteiger partial charge in [-0.3, -0.25) is 15.1 Å². The molecule has 7 nitrogen and oxygen atoms in total. The molecular formula is C16H27N5O2. The number of urea groups is 1. The summed E-state index contributed by atoms with van der Waals surface area (Å²) in [4.78, 5) is 30.1. The summed E-state index contributed by atoms with van der Waals surface area (Å²) in [6.07, 6.45) is 5.73. The Bertz CT molecular complexity index is 509. The van der Waals surface area contributed by atoms with Crippen LogP contribution in [0.5, 0.6) is 0 Å². The number of nitrogens with zero attached hydrogens (tertiary/aromatic N) is 2. The molecule has 1 unspecified atom stereocenters. The fraction of sp³-hybridized carbons (Fsp3) is 0.812. The second kappa shape index (κ2) is 6.37. The molecule has 0 aromatic heterocycles. The molecule has 1 saturated carbocycles. The number of hydrogen-bond acceptors (Lipinski definition) is 3. The van der Waals surface area contributed by atoms with Gasteiger partial charge in [0.1, 0.15) is 5.54 Å². The number of nitrogens with one attached hydrogen (secondary N) is 3. The molecule has 0 aromatic carbocycles. The zero-order valence-corrected chi connectivity index (χ0v) is 14.0. The normalized spacial score (nSPS) is 30.0. The van der Waals surface area contributed by atoms with Crippen molar-refractivity contribution >= 4 is 17.9 Å². The zero-order chi connectivity index (χ0) is 16.4. The van der Waals surface area contributed by atoms with E-state index in [2.05, 4.69) is 25.8 Å². The van der Waals surface area contributed by atoms with Crippen molar-refractivity contribution in [1.82, 2.24) is 20.9 Å². The highest BCUT2D eigenvalue weighted by molar-refractivity contribution is 6.07. The fourth-order valence-corrected chi connectivity index (χ4v) is 3.78. The minimum atomic E-state index is -0.772. The average molecular weight is 321 g/mol. The highest BCUT2D eigenvalue weighted by Gasteiger charge is 2.48. The summed E-state index contributed by atoms with van der Waals surface area (Å²) >= 11 is 0. The van der Waals surface area contributed by atoms with Crippen LogP contribution in [0, 0.1) is 11.8 Å². The maximum absolute atomic E-state index is 12.1. The van der Waals surface area contributed by atoms with Crippen LogP contribution in [-0.4, -0.2) is 55.0 Å². The van der Waals surface area contributed by atoms with Gasteiger partial charge in [0, 0.05) is 26.7 Å². The van der Waals surface area contributed by atoms with Crippen molar-refractivity contribution in [3.05, 3.63) is 0 Å². The topological polar surface area (TPSA) is 85.8 Å². The lowest BCUT2D eigenvalue weighted by molar-refractivity contribution is -0.125. The summed E-state index contributed by atoms with van der Waals surface area (Å²) in [7, 11) is 1.82. The van der Waals surface area contributed by atoms with Crippen LogP contribution in [0.1, 0.15) is 39.0 Å². The Kier molecular flexibility index (Phi) is 4.46. The van der Waals surface area contributed by atoms with Gasteiger partial charge in [0.2, 0.25) is 0 Å². The number of rotatable bonds is 3. The molecule has 23 heavy (non-hydrogen) atoms. The molecule has 3 rings (SSSR count). The van der Waals surface area contributed by atoms with Crippen molar-refractivity contribution in [2.45, 2.75) is 44.6 Å². The van der Waals surface area contributed by atoms with Gasteiger partial charge in [-0.15, -0.1) is 0 Å². The van der Waals surface area contributed by atoms with Crippen LogP contribution in [0.2, 0.25) is 0 Å². The van der Waals surface area contributed by atoms with Crippen LogP contribution in [0.3, 0.4) is 0 Å². The van der Waals surface area contributed by atoms with Gasteiger partial charge in [0.15, 0.2) is 5.96 Å². The van der Waals surface area contributed by atoms with Crippen LogP contribution in [0.25, 0.3) is 0 Å².